The quantitative estimate of drug-likeness (QED) is 0.119. The number of pyridine rings is 1. The lowest BCUT2D eigenvalue weighted by Gasteiger charge is -2.35. The predicted molar refractivity (Wildman–Crippen MR) is 235 cm³/mol. The molecule has 8 rings (SSSR count). The molecule has 2 aliphatic heterocycles. The summed E-state index contributed by atoms with van der Waals surface area (Å²) in [6, 6.07) is 3.40. The fourth-order valence-corrected chi connectivity index (χ4v) is 9.48. The van der Waals surface area contributed by atoms with Crippen molar-refractivity contribution in [2.24, 2.45) is 23.2 Å². The normalized spacial score (nSPS) is 27.1. The maximum atomic E-state index is 14.8. The van der Waals surface area contributed by atoms with Crippen molar-refractivity contribution in [3.05, 3.63) is 42.1 Å². The molecule has 5 aliphatic rings. The third kappa shape index (κ3) is 9.70. The summed E-state index contributed by atoms with van der Waals surface area (Å²) >= 11 is 7.08. The van der Waals surface area contributed by atoms with Gasteiger partial charge in [0.1, 0.15) is 64.9 Å². The number of aliphatic carboxylic acids is 1. The number of carbonyl (C=O) groups excluding carboxylic acids is 3. The molecule has 8 atom stereocenters. The molecule has 2 saturated heterocycles. The number of oxazole rings is 1. The number of ether oxygens (including phenoxy) is 3. The minimum Gasteiger partial charge on any atom is -0.491 e. The Bertz CT molecular complexity index is 2230. The van der Waals surface area contributed by atoms with Crippen molar-refractivity contribution in [2.75, 3.05) is 51.2 Å². The van der Waals surface area contributed by atoms with Gasteiger partial charge in [0.25, 0.3) is 6.01 Å². The largest absolute Gasteiger partial charge is 0.491 e. The molecule has 5 N–H and O–H groups in total. The van der Waals surface area contributed by atoms with E-state index in [1.54, 1.807) is 12.1 Å². The smallest absolute Gasteiger partial charge is 0.408 e. The number of benzene rings is 1. The number of halogens is 1. The van der Waals surface area contributed by atoms with E-state index in [1.165, 1.54) is 17.2 Å². The number of carboxylic acids is 1. The van der Waals surface area contributed by atoms with Gasteiger partial charge in [-0.1, -0.05) is 38.4 Å². The number of likely N-dealkylation sites (tertiary alicyclic amines) is 1. The Morgan fingerprint density at radius 1 is 1.06 bits per heavy atom. The number of hydrogen-bond donors (Lipinski definition) is 5. The number of carboxylic acid groups (broad SMARTS) is 1. The van der Waals surface area contributed by atoms with Gasteiger partial charge < -0.3 is 49.9 Å². The highest BCUT2D eigenvalue weighted by molar-refractivity contribution is 6.36. The summed E-state index contributed by atoms with van der Waals surface area (Å²) in [5.74, 6) is -0.873. The van der Waals surface area contributed by atoms with Gasteiger partial charge in [-0.05, 0) is 68.9 Å². The molecule has 3 aliphatic carbocycles. The van der Waals surface area contributed by atoms with Crippen LogP contribution in [0, 0.1) is 23.2 Å². The molecule has 0 radical (unpaired) electrons. The van der Waals surface area contributed by atoms with Crippen LogP contribution in [-0.4, -0.2) is 130 Å². The number of nitrogens with one attached hydrogen (secondary N) is 4. The zero-order valence-electron chi connectivity index (χ0n) is 36.6. The second-order valence-electron chi connectivity index (χ2n) is 19.0. The molecule has 340 valence electrons. The van der Waals surface area contributed by atoms with Crippen LogP contribution in [0.25, 0.3) is 22.3 Å². The standard InChI is InChI=1S/C45H59ClN8O9/c1-7-27-21-45(27,41(57)58)52-39(55)33-19-29(22-54(33)40(56)38(44(4,5)6)51-43(59)63-28-17-25-16-26(25)18-28)62-35-20-31(32-23-61-42(50-32)48-24(2)3)49-37-30(35)8-9-34(36(37)46)60-15-14-53-12-10-47-11-13-53/h7-9,20,23-29,33,38,47H,1,10-19,21-22H2,2-6H3,(H,48,50)(H,51,59)(H,52,55)(H,57,58)/t25-,26+,27-,28+,29-,33+,38-,45-/m1/s1. The van der Waals surface area contributed by atoms with Crippen LogP contribution in [0.3, 0.4) is 0 Å². The maximum absolute atomic E-state index is 14.8. The highest BCUT2D eigenvalue weighted by atomic mass is 35.5. The lowest BCUT2D eigenvalue weighted by atomic mass is 9.85. The van der Waals surface area contributed by atoms with Crippen LogP contribution in [0.4, 0.5) is 10.8 Å². The first kappa shape index (κ1) is 44.5. The second kappa shape index (κ2) is 17.8. The van der Waals surface area contributed by atoms with Gasteiger partial charge in [-0.25, -0.2) is 14.6 Å². The maximum Gasteiger partial charge on any atom is 0.408 e. The van der Waals surface area contributed by atoms with E-state index >= 15 is 0 Å². The van der Waals surface area contributed by atoms with Crippen molar-refractivity contribution in [3.63, 3.8) is 0 Å². The van der Waals surface area contributed by atoms with E-state index in [4.69, 9.17) is 35.2 Å². The Kier molecular flexibility index (Phi) is 12.6. The molecule has 5 fully saturated rings. The van der Waals surface area contributed by atoms with E-state index in [0.29, 0.717) is 58.2 Å². The Morgan fingerprint density at radius 3 is 2.48 bits per heavy atom. The highest BCUT2D eigenvalue weighted by Crippen LogP contribution is 2.52. The molecule has 0 unspecified atom stereocenters. The zero-order valence-corrected chi connectivity index (χ0v) is 37.3. The average Bonchev–Trinajstić information content (AvgIpc) is 3.91. The SMILES string of the molecule is C=C[C@@H]1C[C@]1(NC(=O)[C@@H]1C[C@@H](Oc2cc(-c3coc(NC(C)C)n3)nc3c(Cl)c(OCCN4CCNCC4)ccc23)CN1C(=O)[C@@H](NC(=O)O[C@@H]1C[C@@H]2C[C@@H]2C1)C(C)(C)C)C(=O)O. The Hall–Kier alpha value is -5.13. The fourth-order valence-electron chi connectivity index (χ4n) is 9.22. The summed E-state index contributed by atoms with van der Waals surface area (Å²) in [6.07, 6.45) is 4.26. The topological polar surface area (TPSA) is 210 Å². The highest BCUT2D eigenvalue weighted by Gasteiger charge is 2.61. The molecule has 0 bridgehead atoms. The van der Waals surface area contributed by atoms with E-state index in [1.807, 2.05) is 40.7 Å². The van der Waals surface area contributed by atoms with Crippen molar-refractivity contribution in [3.8, 4) is 22.9 Å². The third-order valence-electron chi connectivity index (χ3n) is 12.9. The summed E-state index contributed by atoms with van der Waals surface area (Å²) in [5.41, 5.74) is -1.17. The Morgan fingerprint density at radius 2 is 1.81 bits per heavy atom. The molecule has 3 aromatic rings. The van der Waals surface area contributed by atoms with Gasteiger partial charge in [-0.3, -0.25) is 14.5 Å². The van der Waals surface area contributed by atoms with Crippen molar-refractivity contribution < 1.29 is 42.9 Å². The number of hydrogen-bond acceptors (Lipinski definition) is 13. The molecule has 63 heavy (non-hydrogen) atoms. The van der Waals surface area contributed by atoms with Crippen molar-refractivity contribution in [1.29, 1.82) is 0 Å². The van der Waals surface area contributed by atoms with Crippen molar-refractivity contribution in [2.45, 2.75) is 103 Å². The minimum absolute atomic E-state index is 0.00466. The minimum atomic E-state index is -1.54. The molecule has 2 aromatic heterocycles. The number of fused-ring (bicyclic) bond motifs is 2. The van der Waals surface area contributed by atoms with Crippen LogP contribution in [0.2, 0.25) is 5.02 Å². The average molecular weight is 891 g/mol. The number of anilines is 1. The monoisotopic (exact) mass is 890 g/mol. The first-order valence-corrected chi connectivity index (χ1v) is 22.4. The van der Waals surface area contributed by atoms with E-state index in [0.717, 1.165) is 52.0 Å². The predicted octanol–water partition coefficient (Wildman–Crippen LogP) is 5.08. The molecule has 3 saturated carbocycles. The van der Waals surface area contributed by atoms with Gasteiger partial charge in [0.15, 0.2) is 0 Å². The van der Waals surface area contributed by atoms with E-state index in [2.05, 4.69) is 37.7 Å². The lowest BCUT2D eigenvalue weighted by Crippen LogP contribution is -2.59. The summed E-state index contributed by atoms with van der Waals surface area (Å²) in [7, 11) is 0. The van der Waals surface area contributed by atoms with Crippen LogP contribution < -0.4 is 30.7 Å². The molecule has 3 amide bonds. The number of nitrogens with zero attached hydrogens (tertiary/aromatic N) is 4. The molecular formula is C45H59ClN8O9. The molecule has 17 nitrogen and oxygen atoms in total. The summed E-state index contributed by atoms with van der Waals surface area (Å²) in [6.45, 7) is 17.9. The Balaban J connectivity index is 1.09. The molecular weight excluding hydrogens is 832 g/mol. The number of alkyl carbamates (subject to hydrolysis) is 1. The number of piperazine rings is 1. The second-order valence-corrected chi connectivity index (χ2v) is 19.4. The van der Waals surface area contributed by atoms with E-state index in [-0.39, 0.29) is 36.6 Å². The summed E-state index contributed by atoms with van der Waals surface area (Å²) < 4.78 is 24.5. The number of amides is 3. The van der Waals surface area contributed by atoms with Crippen LogP contribution in [0.5, 0.6) is 11.5 Å². The van der Waals surface area contributed by atoms with Crippen LogP contribution in [0.15, 0.2) is 41.5 Å². The number of carbonyl (C=O) groups is 4. The van der Waals surface area contributed by atoms with Gasteiger partial charge in [-0.2, -0.15) is 4.98 Å². The van der Waals surface area contributed by atoms with Crippen LogP contribution in [-0.2, 0) is 19.1 Å². The molecule has 1 aromatic carbocycles. The first-order chi connectivity index (χ1) is 30.0. The summed E-state index contributed by atoms with van der Waals surface area (Å²) in [5, 5.41) is 23.1. The van der Waals surface area contributed by atoms with Gasteiger partial charge in [0.2, 0.25) is 11.8 Å². The van der Waals surface area contributed by atoms with E-state index in [9.17, 15) is 24.3 Å². The molecule has 4 heterocycles. The zero-order chi connectivity index (χ0) is 44.8. The lowest BCUT2D eigenvalue weighted by molar-refractivity contribution is -0.146. The van der Waals surface area contributed by atoms with Gasteiger partial charge in [0, 0.05) is 62.6 Å². The van der Waals surface area contributed by atoms with Crippen LogP contribution in [0.1, 0.15) is 66.7 Å². The van der Waals surface area contributed by atoms with Crippen LogP contribution >= 0.6 is 11.6 Å². The third-order valence-corrected chi connectivity index (χ3v) is 13.3. The fraction of sp³-hybridized carbons (Fsp3) is 0.600. The first-order valence-electron chi connectivity index (χ1n) is 22.1. The van der Waals surface area contributed by atoms with Gasteiger partial charge in [-0.15, -0.1) is 6.58 Å². The van der Waals surface area contributed by atoms with Gasteiger partial charge >= 0.3 is 12.1 Å². The molecule has 0 spiro atoms. The summed E-state index contributed by atoms with van der Waals surface area (Å²) in [4.78, 5) is 68.1. The van der Waals surface area contributed by atoms with Crippen molar-refractivity contribution in [1.82, 2.24) is 35.7 Å². The van der Waals surface area contributed by atoms with Gasteiger partial charge in [0.05, 0.1) is 17.8 Å². The Labute approximate surface area is 372 Å². The number of aromatic nitrogens is 2. The van der Waals surface area contributed by atoms with E-state index < -0.39 is 58.9 Å². The number of rotatable bonds is 16. The molecule has 18 heteroatoms. The van der Waals surface area contributed by atoms with Crippen molar-refractivity contribution >= 4 is 52.4 Å².